The van der Waals surface area contributed by atoms with E-state index in [2.05, 4.69) is 9.84 Å². The molecule has 0 saturated heterocycles. The first-order valence-electron chi connectivity index (χ1n) is 2.56. The van der Waals surface area contributed by atoms with E-state index in [1.807, 2.05) is 5.43 Å². The van der Waals surface area contributed by atoms with Crippen LogP contribution in [0.3, 0.4) is 0 Å². The number of carbonyl (C=O) groups is 1. The van der Waals surface area contributed by atoms with Crippen LogP contribution in [0.4, 0.5) is 10.5 Å². The highest BCUT2D eigenvalue weighted by Crippen LogP contribution is 2.03. The largest absolute Gasteiger partial charge is 0.470 e. The molecular formula is C5H6N2O3. The zero-order valence-electron chi connectivity index (χ0n) is 5.00. The Morgan fingerprint density at radius 1 is 1.70 bits per heavy atom. The highest BCUT2D eigenvalue weighted by Gasteiger charge is 1.93. The Morgan fingerprint density at radius 3 is 3.00 bits per heavy atom. The SMILES string of the molecule is O=C(O)NNc1ccoc1. The summed E-state index contributed by atoms with van der Waals surface area (Å²) < 4.78 is 4.65. The number of hydrazine groups is 1. The van der Waals surface area contributed by atoms with Crippen LogP contribution in [0, 0.1) is 0 Å². The van der Waals surface area contributed by atoms with E-state index in [9.17, 15) is 4.79 Å². The molecule has 0 aliphatic heterocycles. The zero-order valence-corrected chi connectivity index (χ0v) is 5.00. The first-order valence-corrected chi connectivity index (χ1v) is 2.56. The van der Waals surface area contributed by atoms with E-state index in [4.69, 9.17) is 5.11 Å². The van der Waals surface area contributed by atoms with Crippen LogP contribution >= 0.6 is 0 Å². The van der Waals surface area contributed by atoms with Gasteiger partial charge in [0.15, 0.2) is 0 Å². The topological polar surface area (TPSA) is 74.5 Å². The quantitative estimate of drug-likeness (QED) is 0.535. The molecule has 54 valence electrons. The van der Waals surface area contributed by atoms with Crippen LogP contribution in [0.5, 0.6) is 0 Å². The first kappa shape index (κ1) is 6.47. The molecule has 10 heavy (non-hydrogen) atoms. The third kappa shape index (κ3) is 1.70. The summed E-state index contributed by atoms with van der Waals surface area (Å²) in [6.07, 6.45) is 1.68. The van der Waals surface area contributed by atoms with E-state index in [0.717, 1.165) is 0 Å². The molecular weight excluding hydrogens is 136 g/mol. The highest BCUT2D eigenvalue weighted by molar-refractivity contribution is 5.66. The molecule has 1 rings (SSSR count). The van der Waals surface area contributed by atoms with Gasteiger partial charge < -0.3 is 9.52 Å². The van der Waals surface area contributed by atoms with Gasteiger partial charge in [-0.15, -0.1) is 0 Å². The number of furan rings is 1. The van der Waals surface area contributed by atoms with E-state index in [0.29, 0.717) is 5.69 Å². The summed E-state index contributed by atoms with van der Waals surface area (Å²) in [5, 5.41) is 8.11. The van der Waals surface area contributed by atoms with E-state index in [-0.39, 0.29) is 0 Å². The summed E-state index contributed by atoms with van der Waals surface area (Å²) in [7, 11) is 0. The van der Waals surface area contributed by atoms with Crippen LogP contribution in [0.1, 0.15) is 0 Å². The molecule has 5 heteroatoms. The summed E-state index contributed by atoms with van der Waals surface area (Å²) in [5.41, 5.74) is 4.91. The fraction of sp³-hybridized carbons (Fsp3) is 0. The molecule has 0 bridgehead atoms. The fourth-order valence-corrected chi connectivity index (χ4v) is 0.461. The summed E-state index contributed by atoms with van der Waals surface area (Å²) in [5.74, 6) is 0. The van der Waals surface area contributed by atoms with Gasteiger partial charge >= 0.3 is 6.09 Å². The molecule has 0 unspecified atom stereocenters. The minimum absolute atomic E-state index is 0.572. The number of nitrogens with one attached hydrogen (secondary N) is 2. The minimum atomic E-state index is -1.14. The second-order valence-corrected chi connectivity index (χ2v) is 1.57. The summed E-state index contributed by atoms with van der Waals surface area (Å²) >= 11 is 0. The lowest BCUT2D eigenvalue weighted by Gasteiger charge is -1.98. The summed E-state index contributed by atoms with van der Waals surface area (Å²) in [4.78, 5) is 9.89. The molecule has 1 heterocycles. The second kappa shape index (κ2) is 2.77. The predicted octanol–water partition coefficient (Wildman–Crippen LogP) is 0.874. The fourth-order valence-electron chi connectivity index (χ4n) is 0.461. The molecule has 0 saturated carbocycles. The Morgan fingerprint density at radius 2 is 2.50 bits per heavy atom. The van der Waals surface area contributed by atoms with Crippen molar-refractivity contribution in [2.75, 3.05) is 5.43 Å². The molecule has 0 aromatic carbocycles. The first-order chi connectivity index (χ1) is 4.79. The lowest BCUT2D eigenvalue weighted by molar-refractivity contribution is 0.197. The van der Waals surface area contributed by atoms with Crippen molar-refractivity contribution in [3.8, 4) is 0 Å². The third-order valence-corrected chi connectivity index (χ3v) is 0.835. The molecule has 0 aliphatic rings. The Balaban J connectivity index is 2.35. The molecule has 0 aliphatic carbocycles. The smallest absolute Gasteiger partial charge is 0.423 e. The van der Waals surface area contributed by atoms with Gasteiger partial charge in [0.25, 0.3) is 0 Å². The van der Waals surface area contributed by atoms with Gasteiger partial charge in [-0.25, -0.2) is 10.2 Å². The Labute approximate surface area is 56.6 Å². The van der Waals surface area contributed by atoms with E-state index < -0.39 is 6.09 Å². The average Bonchev–Trinajstić information content (AvgIpc) is 2.34. The van der Waals surface area contributed by atoms with Crippen molar-refractivity contribution in [1.82, 2.24) is 5.43 Å². The van der Waals surface area contributed by atoms with Gasteiger partial charge in [-0.2, -0.15) is 0 Å². The van der Waals surface area contributed by atoms with Crippen molar-refractivity contribution in [3.63, 3.8) is 0 Å². The van der Waals surface area contributed by atoms with Crippen LogP contribution in [0.2, 0.25) is 0 Å². The lowest BCUT2D eigenvalue weighted by atomic mass is 10.6. The van der Waals surface area contributed by atoms with Gasteiger partial charge in [0.05, 0.1) is 12.0 Å². The number of hydrogen-bond donors (Lipinski definition) is 3. The molecule has 1 amide bonds. The van der Waals surface area contributed by atoms with E-state index in [1.54, 1.807) is 6.07 Å². The summed E-state index contributed by atoms with van der Waals surface area (Å²) in [6.45, 7) is 0. The van der Waals surface area contributed by atoms with Crippen molar-refractivity contribution in [1.29, 1.82) is 0 Å². The molecule has 1 aromatic heterocycles. The molecule has 0 radical (unpaired) electrons. The monoisotopic (exact) mass is 142 g/mol. The molecule has 3 N–H and O–H groups in total. The maximum Gasteiger partial charge on any atom is 0.423 e. The molecule has 5 nitrogen and oxygen atoms in total. The van der Waals surface area contributed by atoms with Crippen molar-refractivity contribution in [2.45, 2.75) is 0 Å². The van der Waals surface area contributed by atoms with Gasteiger partial charge in [0, 0.05) is 6.07 Å². The van der Waals surface area contributed by atoms with Crippen LogP contribution in [0.15, 0.2) is 23.0 Å². The van der Waals surface area contributed by atoms with Gasteiger partial charge in [-0.1, -0.05) is 0 Å². The van der Waals surface area contributed by atoms with Crippen LogP contribution in [-0.4, -0.2) is 11.2 Å². The van der Waals surface area contributed by atoms with Crippen LogP contribution in [-0.2, 0) is 0 Å². The maximum absolute atomic E-state index is 9.89. The average molecular weight is 142 g/mol. The number of amides is 1. The van der Waals surface area contributed by atoms with Crippen molar-refractivity contribution in [3.05, 3.63) is 18.6 Å². The van der Waals surface area contributed by atoms with E-state index >= 15 is 0 Å². The standard InChI is InChI=1S/C5H6N2O3/c8-5(9)7-6-4-1-2-10-3-4/h1-3,6-7H,(H,8,9). The number of carboxylic acid groups (broad SMARTS) is 1. The highest BCUT2D eigenvalue weighted by atomic mass is 16.4. The number of anilines is 1. The molecule has 0 fully saturated rings. The van der Waals surface area contributed by atoms with Gasteiger partial charge in [-0.3, -0.25) is 5.43 Å². The van der Waals surface area contributed by atoms with Crippen molar-refractivity contribution in [2.24, 2.45) is 0 Å². The normalized spacial score (nSPS) is 8.80. The Hall–Kier alpha value is -1.65. The van der Waals surface area contributed by atoms with E-state index in [1.165, 1.54) is 12.5 Å². The zero-order chi connectivity index (χ0) is 7.40. The maximum atomic E-state index is 9.89. The predicted molar refractivity (Wildman–Crippen MR) is 33.5 cm³/mol. The van der Waals surface area contributed by atoms with Gasteiger partial charge in [-0.05, 0) is 0 Å². The number of rotatable bonds is 2. The van der Waals surface area contributed by atoms with Gasteiger partial charge in [0.1, 0.15) is 6.26 Å². The summed E-state index contributed by atoms with van der Waals surface area (Å²) in [6, 6.07) is 1.59. The van der Waals surface area contributed by atoms with Crippen molar-refractivity contribution < 1.29 is 14.3 Å². The third-order valence-electron chi connectivity index (χ3n) is 0.835. The van der Waals surface area contributed by atoms with Crippen molar-refractivity contribution >= 4 is 11.8 Å². The lowest BCUT2D eigenvalue weighted by Crippen LogP contribution is -2.26. The van der Waals surface area contributed by atoms with Crippen LogP contribution < -0.4 is 10.9 Å². The minimum Gasteiger partial charge on any atom is -0.470 e. The van der Waals surface area contributed by atoms with Crippen LogP contribution in [0.25, 0.3) is 0 Å². The molecule has 0 atom stereocenters. The number of hydrogen-bond acceptors (Lipinski definition) is 3. The Kier molecular flexibility index (Phi) is 1.79. The van der Waals surface area contributed by atoms with Gasteiger partial charge in [0.2, 0.25) is 0 Å². The molecule has 0 spiro atoms. The Bertz CT molecular complexity index is 207. The molecule has 1 aromatic rings. The second-order valence-electron chi connectivity index (χ2n) is 1.57.